The maximum atomic E-state index is 13.6. The van der Waals surface area contributed by atoms with Crippen molar-refractivity contribution in [3.63, 3.8) is 0 Å². The fourth-order valence-electron chi connectivity index (χ4n) is 4.75. The molecule has 0 saturated heterocycles. The molecule has 7 rings (SSSR count). The molecule has 0 saturated carbocycles. The number of benzene rings is 4. The molecular formula is C25H12N2O3S. The first-order chi connectivity index (χ1) is 15.1. The Morgan fingerprint density at radius 2 is 1.65 bits per heavy atom. The highest BCUT2D eigenvalue weighted by Crippen LogP contribution is 2.41. The molecule has 6 heteroatoms. The second-order valence-corrected chi connectivity index (χ2v) is 8.79. The van der Waals surface area contributed by atoms with E-state index in [0.717, 1.165) is 26.2 Å². The van der Waals surface area contributed by atoms with Crippen LogP contribution < -0.4 is 5.56 Å². The van der Waals surface area contributed by atoms with Gasteiger partial charge in [-0.05, 0) is 53.2 Å². The zero-order chi connectivity index (χ0) is 20.9. The van der Waals surface area contributed by atoms with Gasteiger partial charge in [0.25, 0.3) is 5.56 Å². The highest BCUT2D eigenvalue weighted by Gasteiger charge is 2.19. The van der Waals surface area contributed by atoms with Gasteiger partial charge < -0.3 is 5.11 Å². The molecule has 4 aromatic carbocycles. The summed E-state index contributed by atoms with van der Waals surface area (Å²) >= 11 is 1.72. The van der Waals surface area contributed by atoms with Gasteiger partial charge in [-0.15, -0.1) is 11.3 Å². The molecular weight excluding hydrogens is 408 g/mol. The van der Waals surface area contributed by atoms with E-state index in [4.69, 9.17) is 4.98 Å². The average molecular weight is 420 g/mol. The summed E-state index contributed by atoms with van der Waals surface area (Å²) in [7, 11) is 0. The molecule has 5 nitrogen and oxygen atoms in total. The monoisotopic (exact) mass is 420 g/mol. The van der Waals surface area contributed by atoms with Crippen LogP contribution in [0.5, 0.6) is 0 Å². The van der Waals surface area contributed by atoms with Gasteiger partial charge in [0, 0.05) is 30.9 Å². The molecule has 0 atom stereocenters. The standard InChI is InChI=1S/C25H12N2O3S/c28-24-16-7-6-14-13-3-1-2-4-19(13)31-20-10-8-15(21(16)22(14)20)23-26-17-11-12(25(29)30)5-9-18(17)27(23)24/h1-11H,(H,29,30). The minimum absolute atomic E-state index is 0.138. The molecule has 0 fully saturated rings. The van der Waals surface area contributed by atoms with E-state index in [1.54, 1.807) is 21.8 Å². The van der Waals surface area contributed by atoms with Crippen LogP contribution >= 0.6 is 11.3 Å². The molecule has 3 heterocycles. The number of fused-ring (bicyclic) bond motifs is 6. The number of rotatable bonds is 1. The summed E-state index contributed by atoms with van der Waals surface area (Å²) in [6.45, 7) is 0. The maximum absolute atomic E-state index is 13.6. The highest BCUT2D eigenvalue weighted by molar-refractivity contribution is 7.25. The van der Waals surface area contributed by atoms with Crippen molar-refractivity contribution in [3.05, 3.63) is 82.6 Å². The SMILES string of the molecule is O=C(O)c1ccc2c(c1)nc1c3ccc4sc5ccccc5c5ccc(c(=O)n21)c3c45. The summed E-state index contributed by atoms with van der Waals surface area (Å²) in [5, 5.41) is 15.2. The lowest BCUT2D eigenvalue weighted by molar-refractivity contribution is 0.0697. The van der Waals surface area contributed by atoms with E-state index in [9.17, 15) is 14.7 Å². The van der Waals surface area contributed by atoms with Gasteiger partial charge in [-0.1, -0.05) is 24.3 Å². The van der Waals surface area contributed by atoms with Crippen LogP contribution in [0.1, 0.15) is 10.4 Å². The smallest absolute Gasteiger partial charge is 0.335 e. The Kier molecular flexibility index (Phi) is 3.00. The van der Waals surface area contributed by atoms with Crippen molar-refractivity contribution in [1.29, 1.82) is 0 Å². The van der Waals surface area contributed by atoms with Crippen LogP contribution in [-0.4, -0.2) is 20.5 Å². The Balaban J connectivity index is 1.77. The molecule has 1 N–H and O–H groups in total. The molecule has 3 aromatic heterocycles. The Morgan fingerprint density at radius 3 is 2.52 bits per heavy atom. The third kappa shape index (κ3) is 2.02. The first-order valence-electron chi connectivity index (χ1n) is 9.79. The number of carboxylic acid groups (broad SMARTS) is 1. The lowest BCUT2D eigenvalue weighted by Gasteiger charge is -2.13. The lowest BCUT2D eigenvalue weighted by Crippen LogP contribution is -2.13. The summed E-state index contributed by atoms with van der Waals surface area (Å²) in [5.41, 5.74) is 1.69. The first kappa shape index (κ1) is 16.7. The van der Waals surface area contributed by atoms with Crippen molar-refractivity contribution in [2.75, 3.05) is 0 Å². The zero-order valence-corrected chi connectivity index (χ0v) is 16.7. The number of carbonyl (C=O) groups is 1. The van der Waals surface area contributed by atoms with Gasteiger partial charge in [0.1, 0.15) is 5.65 Å². The van der Waals surface area contributed by atoms with Crippen LogP contribution in [0.15, 0.2) is 71.5 Å². The number of aromatic carboxylic acids is 1. The van der Waals surface area contributed by atoms with Gasteiger partial charge >= 0.3 is 5.97 Å². The van der Waals surface area contributed by atoms with Crippen LogP contribution in [0.3, 0.4) is 0 Å². The predicted molar refractivity (Wildman–Crippen MR) is 125 cm³/mol. The Bertz CT molecular complexity index is 1950. The second-order valence-electron chi connectivity index (χ2n) is 7.70. The molecule has 0 aliphatic rings. The maximum Gasteiger partial charge on any atom is 0.335 e. The predicted octanol–water partition coefficient (Wildman–Crippen LogP) is 5.66. The fourth-order valence-corrected chi connectivity index (χ4v) is 5.88. The van der Waals surface area contributed by atoms with Crippen molar-refractivity contribution < 1.29 is 9.90 Å². The van der Waals surface area contributed by atoms with E-state index in [2.05, 4.69) is 18.2 Å². The molecule has 0 radical (unpaired) electrons. The van der Waals surface area contributed by atoms with E-state index in [-0.39, 0.29) is 11.1 Å². The molecule has 0 aliphatic heterocycles. The van der Waals surface area contributed by atoms with Crippen molar-refractivity contribution in [2.24, 2.45) is 0 Å². The average Bonchev–Trinajstić information content (AvgIpc) is 3.17. The third-order valence-electron chi connectivity index (χ3n) is 6.10. The molecule has 7 aromatic rings. The van der Waals surface area contributed by atoms with Crippen molar-refractivity contribution in [2.45, 2.75) is 0 Å². The van der Waals surface area contributed by atoms with E-state index in [1.807, 2.05) is 30.3 Å². The minimum atomic E-state index is -1.02. The number of hydrogen-bond acceptors (Lipinski definition) is 4. The number of carboxylic acids is 1. The molecule has 31 heavy (non-hydrogen) atoms. The van der Waals surface area contributed by atoms with E-state index < -0.39 is 5.97 Å². The van der Waals surface area contributed by atoms with Gasteiger partial charge in [0.15, 0.2) is 0 Å². The van der Waals surface area contributed by atoms with Crippen LogP contribution in [0.4, 0.5) is 0 Å². The Labute approximate surface area is 177 Å². The fraction of sp³-hybridized carbons (Fsp3) is 0. The number of imidazole rings is 1. The van der Waals surface area contributed by atoms with Crippen LogP contribution in [0.2, 0.25) is 0 Å². The van der Waals surface area contributed by atoms with E-state index in [0.29, 0.717) is 22.1 Å². The first-order valence-corrected chi connectivity index (χ1v) is 10.6. The largest absolute Gasteiger partial charge is 0.478 e. The summed E-state index contributed by atoms with van der Waals surface area (Å²) in [6, 6.07) is 21.0. The van der Waals surface area contributed by atoms with Gasteiger partial charge in [-0.2, -0.15) is 0 Å². The molecule has 0 spiro atoms. The number of pyridine rings is 1. The normalized spacial score (nSPS) is 12.3. The van der Waals surface area contributed by atoms with Gasteiger partial charge in [-0.3, -0.25) is 9.20 Å². The van der Waals surface area contributed by atoms with Gasteiger partial charge in [0.2, 0.25) is 0 Å². The second kappa shape index (κ2) is 5.56. The van der Waals surface area contributed by atoms with Crippen LogP contribution in [0, 0.1) is 0 Å². The Morgan fingerprint density at radius 1 is 0.839 bits per heavy atom. The van der Waals surface area contributed by atoms with Crippen LogP contribution in [0.25, 0.3) is 58.4 Å². The number of nitrogens with zero attached hydrogens (tertiary/aromatic N) is 2. The zero-order valence-electron chi connectivity index (χ0n) is 15.9. The van der Waals surface area contributed by atoms with Crippen molar-refractivity contribution in [3.8, 4) is 0 Å². The summed E-state index contributed by atoms with van der Waals surface area (Å²) in [4.78, 5) is 29.6. The van der Waals surface area contributed by atoms with Crippen LogP contribution in [-0.2, 0) is 0 Å². The molecule has 0 aliphatic carbocycles. The highest BCUT2D eigenvalue weighted by atomic mass is 32.1. The molecule has 0 amide bonds. The van der Waals surface area contributed by atoms with E-state index in [1.165, 1.54) is 22.2 Å². The van der Waals surface area contributed by atoms with Crippen molar-refractivity contribution in [1.82, 2.24) is 9.38 Å². The third-order valence-corrected chi connectivity index (χ3v) is 7.23. The molecule has 0 bridgehead atoms. The van der Waals surface area contributed by atoms with E-state index >= 15 is 0 Å². The summed E-state index contributed by atoms with van der Waals surface area (Å²) < 4.78 is 3.93. The summed E-state index contributed by atoms with van der Waals surface area (Å²) in [6.07, 6.45) is 0. The van der Waals surface area contributed by atoms with Gasteiger partial charge in [-0.25, -0.2) is 9.78 Å². The summed E-state index contributed by atoms with van der Waals surface area (Å²) in [5.74, 6) is -1.02. The number of hydrogen-bond donors (Lipinski definition) is 1. The molecule has 146 valence electrons. The molecule has 0 unspecified atom stereocenters. The van der Waals surface area contributed by atoms with Crippen molar-refractivity contribution >= 4 is 75.7 Å². The quantitative estimate of drug-likeness (QED) is 0.275. The topological polar surface area (TPSA) is 71.7 Å². The lowest BCUT2D eigenvalue weighted by atomic mass is 9.98. The minimum Gasteiger partial charge on any atom is -0.478 e. The van der Waals surface area contributed by atoms with Gasteiger partial charge in [0.05, 0.1) is 16.6 Å². The number of aromatic nitrogens is 2. The Hall–Kier alpha value is -4.03.